The van der Waals surface area contributed by atoms with Crippen molar-refractivity contribution in [3.63, 3.8) is 0 Å². The Morgan fingerprint density at radius 1 is 1.39 bits per heavy atom. The fourth-order valence-corrected chi connectivity index (χ4v) is 2.58. The standard InChI is InChI=1S/C16H23N9O3/c1-25(11-7-21-16(23-13(11)27)24-15(20)28)12(26)6-10(17)8-3-2-4-9(5-8)22-14(18)19/h2-5,10-11H,6-7,17H2,1H3,(H4,18,19,22)(H4,20,21,23,24,27,28)/t10?,11-/m0/s1. The first-order valence-corrected chi connectivity index (χ1v) is 8.30. The van der Waals surface area contributed by atoms with Gasteiger partial charge >= 0.3 is 6.03 Å². The van der Waals surface area contributed by atoms with Crippen LogP contribution < -0.4 is 33.6 Å². The van der Waals surface area contributed by atoms with E-state index in [9.17, 15) is 14.4 Å². The molecule has 1 aliphatic rings. The third kappa shape index (κ3) is 5.41. The Kier molecular flexibility index (Phi) is 6.50. The van der Waals surface area contributed by atoms with Gasteiger partial charge in [0.05, 0.1) is 12.2 Å². The molecule has 1 unspecified atom stereocenters. The van der Waals surface area contributed by atoms with Gasteiger partial charge < -0.3 is 27.8 Å². The molecule has 1 aromatic carbocycles. The zero-order valence-corrected chi connectivity index (χ0v) is 15.3. The number of nitrogens with two attached hydrogens (primary N) is 4. The van der Waals surface area contributed by atoms with Gasteiger partial charge in [-0.05, 0) is 17.7 Å². The summed E-state index contributed by atoms with van der Waals surface area (Å²) >= 11 is 0. The molecule has 0 spiro atoms. The number of guanidine groups is 2. The summed E-state index contributed by atoms with van der Waals surface area (Å²) in [4.78, 5) is 44.8. The summed E-state index contributed by atoms with van der Waals surface area (Å²) in [7, 11) is 1.48. The molecule has 1 aromatic rings. The van der Waals surface area contributed by atoms with Gasteiger partial charge in [0, 0.05) is 19.5 Å². The second-order valence-corrected chi connectivity index (χ2v) is 6.13. The van der Waals surface area contributed by atoms with Crippen molar-refractivity contribution in [2.75, 3.05) is 13.6 Å². The molecule has 1 heterocycles. The molecule has 0 bridgehead atoms. The first-order chi connectivity index (χ1) is 13.2. The van der Waals surface area contributed by atoms with Crippen LogP contribution in [0.2, 0.25) is 0 Å². The number of carbonyl (C=O) groups excluding carboxylic acids is 3. The van der Waals surface area contributed by atoms with Crippen molar-refractivity contribution in [3.05, 3.63) is 29.8 Å². The molecule has 10 N–H and O–H groups in total. The van der Waals surface area contributed by atoms with E-state index in [4.69, 9.17) is 22.9 Å². The monoisotopic (exact) mass is 389 g/mol. The van der Waals surface area contributed by atoms with Crippen molar-refractivity contribution >= 4 is 35.5 Å². The summed E-state index contributed by atoms with van der Waals surface area (Å²) in [6.45, 7) is -0.0150. The Hall–Kier alpha value is -3.67. The molecule has 0 aromatic heterocycles. The molecule has 0 radical (unpaired) electrons. The van der Waals surface area contributed by atoms with Gasteiger partial charge in [-0.25, -0.2) is 14.8 Å². The van der Waals surface area contributed by atoms with E-state index in [1.807, 2.05) is 0 Å². The van der Waals surface area contributed by atoms with Crippen LogP contribution in [0.4, 0.5) is 10.5 Å². The highest BCUT2D eigenvalue weighted by Gasteiger charge is 2.31. The minimum Gasteiger partial charge on any atom is -0.370 e. The van der Waals surface area contributed by atoms with Crippen molar-refractivity contribution < 1.29 is 14.4 Å². The minimum atomic E-state index is -0.851. The van der Waals surface area contributed by atoms with Gasteiger partial charge in [-0.15, -0.1) is 0 Å². The second-order valence-electron chi connectivity index (χ2n) is 6.13. The number of rotatable bonds is 5. The zero-order chi connectivity index (χ0) is 20.8. The van der Waals surface area contributed by atoms with E-state index in [0.29, 0.717) is 11.3 Å². The van der Waals surface area contributed by atoms with Crippen molar-refractivity contribution in [2.45, 2.75) is 18.5 Å². The van der Waals surface area contributed by atoms with Gasteiger partial charge in [0.25, 0.3) is 5.91 Å². The van der Waals surface area contributed by atoms with E-state index in [2.05, 4.69) is 20.6 Å². The summed E-state index contributed by atoms with van der Waals surface area (Å²) in [5, 5.41) is 4.56. The predicted molar refractivity (Wildman–Crippen MR) is 103 cm³/mol. The van der Waals surface area contributed by atoms with E-state index >= 15 is 0 Å². The second kappa shape index (κ2) is 8.81. The number of urea groups is 1. The van der Waals surface area contributed by atoms with E-state index in [-0.39, 0.29) is 30.8 Å². The molecule has 28 heavy (non-hydrogen) atoms. The number of primary amides is 1. The van der Waals surface area contributed by atoms with Crippen LogP contribution in [0.25, 0.3) is 0 Å². The van der Waals surface area contributed by atoms with E-state index in [1.165, 1.54) is 11.9 Å². The number of carbonyl (C=O) groups is 3. The van der Waals surface area contributed by atoms with Crippen molar-refractivity contribution in [2.24, 2.45) is 32.9 Å². The quantitative estimate of drug-likeness (QED) is 0.247. The average molecular weight is 389 g/mol. The van der Waals surface area contributed by atoms with Gasteiger partial charge in [0.1, 0.15) is 6.04 Å². The first kappa shape index (κ1) is 20.6. The largest absolute Gasteiger partial charge is 0.370 e. The van der Waals surface area contributed by atoms with E-state index in [0.717, 1.165) is 0 Å². The summed E-state index contributed by atoms with van der Waals surface area (Å²) < 4.78 is 0. The topological polar surface area (TPSA) is 207 Å². The Bertz CT molecular complexity index is 832. The number of benzene rings is 1. The highest BCUT2D eigenvalue weighted by atomic mass is 16.2. The van der Waals surface area contributed by atoms with Gasteiger partial charge in [0.15, 0.2) is 5.96 Å². The van der Waals surface area contributed by atoms with E-state index < -0.39 is 24.0 Å². The van der Waals surface area contributed by atoms with Crippen molar-refractivity contribution in [1.29, 1.82) is 0 Å². The third-order valence-electron chi connectivity index (χ3n) is 4.02. The first-order valence-electron chi connectivity index (χ1n) is 8.30. The summed E-state index contributed by atoms with van der Waals surface area (Å²) in [5.41, 5.74) is 23.0. The van der Waals surface area contributed by atoms with Crippen LogP contribution in [0.5, 0.6) is 0 Å². The van der Waals surface area contributed by atoms with Crippen molar-refractivity contribution in [3.8, 4) is 0 Å². The average Bonchev–Trinajstić information content (AvgIpc) is 2.60. The fourth-order valence-electron chi connectivity index (χ4n) is 2.58. The van der Waals surface area contributed by atoms with Gasteiger partial charge in [-0.3, -0.25) is 20.2 Å². The molecule has 12 heteroatoms. The maximum atomic E-state index is 12.6. The molecule has 150 valence electrons. The molecular formula is C16H23N9O3. The molecule has 2 atom stereocenters. The summed E-state index contributed by atoms with van der Waals surface area (Å²) in [6, 6.07) is 4.56. The lowest BCUT2D eigenvalue weighted by Crippen LogP contribution is -2.58. The normalized spacial score (nSPS) is 17.0. The van der Waals surface area contributed by atoms with Crippen LogP contribution in [-0.2, 0) is 9.59 Å². The number of aliphatic imine (C=N–C) groups is 2. The van der Waals surface area contributed by atoms with E-state index in [1.54, 1.807) is 24.3 Å². The SMILES string of the molecule is CN(C(=O)CC(N)c1cccc(N=C(N)N)c1)[C@H]1CN=C(NC(N)=O)NC1=O. The lowest BCUT2D eigenvalue weighted by atomic mass is 10.0. The predicted octanol–water partition coefficient (Wildman–Crippen LogP) is -2.04. The van der Waals surface area contributed by atoms with Gasteiger partial charge in [-0.1, -0.05) is 12.1 Å². The van der Waals surface area contributed by atoms with Crippen LogP contribution in [0.3, 0.4) is 0 Å². The van der Waals surface area contributed by atoms with Gasteiger partial charge in [-0.2, -0.15) is 0 Å². The maximum Gasteiger partial charge on any atom is 0.318 e. The number of nitrogens with one attached hydrogen (secondary N) is 2. The molecule has 4 amide bonds. The van der Waals surface area contributed by atoms with Crippen LogP contribution in [0.1, 0.15) is 18.0 Å². The number of hydrogen-bond donors (Lipinski definition) is 6. The lowest BCUT2D eigenvalue weighted by Gasteiger charge is -2.30. The molecule has 0 saturated heterocycles. The number of likely N-dealkylation sites (N-methyl/N-ethyl adjacent to an activating group) is 1. The lowest BCUT2D eigenvalue weighted by molar-refractivity contribution is -0.138. The smallest absolute Gasteiger partial charge is 0.318 e. The van der Waals surface area contributed by atoms with Crippen molar-refractivity contribution in [1.82, 2.24) is 15.5 Å². The fraction of sp³-hybridized carbons (Fsp3) is 0.312. The summed E-state index contributed by atoms with van der Waals surface area (Å²) in [5.74, 6) is -0.974. The summed E-state index contributed by atoms with van der Waals surface area (Å²) in [6.07, 6.45) is -0.0400. The van der Waals surface area contributed by atoms with Crippen LogP contribution >= 0.6 is 0 Å². The molecular weight excluding hydrogens is 366 g/mol. The number of nitrogens with zero attached hydrogens (tertiary/aromatic N) is 3. The molecule has 2 rings (SSSR count). The Morgan fingerprint density at radius 3 is 2.71 bits per heavy atom. The minimum absolute atomic E-state index is 0.0150. The Morgan fingerprint density at radius 2 is 2.11 bits per heavy atom. The van der Waals surface area contributed by atoms with Crippen LogP contribution in [-0.4, -0.2) is 54.3 Å². The Balaban J connectivity index is 2.02. The molecule has 0 saturated carbocycles. The van der Waals surface area contributed by atoms with Crippen LogP contribution in [0, 0.1) is 0 Å². The highest BCUT2D eigenvalue weighted by Crippen LogP contribution is 2.21. The highest BCUT2D eigenvalue weighted by molar-refractivity contribution is 6.07. The maximum absolute atomic E-state index is 12.6. The number of amides is 4. The Labute approximate surface area is 161 Å². The zero-order valence-electron chi connectivity index (χ0n) is 15.3. The molecule has 0 aliphatic carbocycles. The number of hydrogen-bond acceptors (Lipinski definition) is 6. The molecule has 1 aliphatic heterocycles. The molecule has 12 nitrogen and oxygen atoms in total. The van der Waals surface area contributed by atoms with Gasteiger partial charge in [0.2, 0.25) is 11.9 Å². The van der Waals surface area contributed by atoms with Crippen LogP contribution in [0.15, 0.2) is 34.3 Å². The third-order valence-corrected chi connectivity index (χ3v) is 4.02. The molecule has 0 fully saturated rings.